The van der Waals surface area contributed by atoms with Crippen LogP contribution in [0.25, 0.3) is 45.0 Å². The second-order valence-corrected chi connectivity index (χ2v) is 22.9. The number of carboxylic acid groups (broad SMARTS) is 2. The maximum atomic E-state index is 10.0. The van der Waals surface area contributed by atoms with Gasteiger partial charge in [0.1, 0.15) is 0 Å². The van der Waals surface area contributed by atoms with Crippen molar-refractivity contribution in [2.24, 2.45) is 0 Å². The van der Waals surface area contributed by atoms with Crippen molar-refractivity contribution in [1.82, 2.24) is 29.9 Å². The molecule has 0 spiro atoms. The van der Waals surface area contributed by atoms with Crippen LogP contribution in [0.2, 0.25) is 0 Å². The van der Waals surface area contributed by atoms with Crippen molar-refractivity contribution < 1.29 is 60.0 Å². The molecule has 24 heteroatoms. The van der Waals surface area contributed by atoms with Gasteiger partial charge in [-0.1, -0.05) is 96.4 Å². The zero-order valence-corrected chi connectivity index (χ0v) is 61.9. The topological polar surface area (TPSA) is 158 Å². The van der Waals surface area contributed by atoms with Crippen LogP contribution in [0, 0.1) is 24.3 Å². The van der Waals surface area contributed by atoms with Gasteiger partial charge in [0.15, 0.2) is 0 Å². The Morgan fingerprint density at radius 3 is 0.683 bits per heavy atom. The normalized spacial score (nSPS) is 9.32. The van der Waals surface area contributed by atoms with Gasteiger partial charge in [-0.05, 0) is 71.3 Å². The number of carbonyl (C=O) groups is 2. The van der Waals surface area contributed by atoms with E-state index in [1.54, 1.807) is 49.1 Å². The molecule has 0 unspecified atom stereocenters. The summed E-state index contributed by atoms with van der Waals surface area (Å²) in [5.74, 6) is -2.48. The van der Waals surface area contributed by atoms with E-state index in [2.05, 4.69) is 182 Å². The molecule has 82 heavy (non-hydrogen) atoms. The molecule has 4 aromatic carbocycles. The molecule has 0 radical (unpaired) electrons. The van der Waals surface area contributed by atoms with Gasteiger partial charge in [0, 0.05) is 37.2 Å². The van der Waals surface area contributed by atoms with Crippen LogP contribution in [0.3, 0.4) is 0 Å². The zero-order chi connectivity index (χ0) is 58.7. The first-order chi connectivity index (χ1) is 38.5. The third kappa shape index (κ3) is 30.4. The van der Waals surface area contributed by atoms with Gasteiger partial charge in [-0.15, -0.1) is 269 Å². The second kappa shape index (κ2) is 45.4. The minimum absolute atomic E-state index is 0. The van der Waals surface area contributed by atoms with Gasteiger partial charge in [-0.25, -0.2) is 0 Å². The Labute approximate surface area is 590 Å². The number of aromatic carboxylic acids is 2. The van der Waals surface area contributed by atoms with Crippen LogP contribution in [0.1, 0.15) is 21.0 Å². The monoisotopic (exact) mass is 2040 g/mol. The Morgan fingerprint density at radius 1 is 0.354 bits per heavy atom. The number of hydrogen-bond acceptors (Lipinski definition) is 10. The zero-order valence-electron chi connectivity index (χ0n) is 41.4. The molecular formula is C58H36Br8Cl4Ir2N6O4. The molecule has 0 fully saturated rings. The maximum Gasteiger partial charge on any atom is 3.00 e. The standard InChI is InChI=1S/4C11H6Br2N.2C6H5NO2.2CH2Cl2.2Ir/c4*12-8-4-5-9(10(13)7-8)11-3-1-2-6-14-11;2*8-6(9)5-3-1-2-4-7-5;2*2-1-3;;/h4*1-4,6-7H;2*1-4H,(H,8,9);2*1H2;;/q4*-1;;;;;2*+3/p-2. The fourth-order valence-corrected chi connectivity index (χ4v) is 10.4. The van der Waals surface area contributed by atoms with Crippen molar-refractivity contribution in [2.45, 2.75) is 0 Å². The number of nitrogens with zero attached hydrogens (tertiary/aromatic N) is 6. The number of alkyl halides is 4. The number of aromatic nitrogens is 6. The van der Waals surface area contributed by atoms with E-state index in [1.807, 2.05) is 121 Å². The molecule has 10 nitrogen and oxygen atoms in total. The maximum absolute atomic E-state index is 10.0. The first-order valence-corrected chi connectivity index (χ1v) is 30.6. The number of carboxylic acids is 2. The Morgan fingerprint density at radius 2 is 0.549 bits per heavy atom. The predicted octanol–water partition coefficient (Wildman–Crippen LogP) is 18.0. The molecule has 0 saturated heterocycles. The molecule has 10 rings (SSSR count). The van der Waals surface area contributed by atoms with E-state index in [0.717, 1.165) is 80.8 Å². The van der Waals surface area contributed by atoms with Crippen LogP contribution >= 0.6 is 174 Å². The van der Waals surface area contributed by atoms with Gasteiger partial charge in [0.2, 0.25) is 0 Å². The van der Waals surface area contributed by atoms with Gasteiger partial charge in [-0.3, -0.25) is 9.97 Å². The Hall–Kier alpha value is -2.98. The van der Waals surface area contributed by atoms with Crippen molar-refractivity contribution in [3.05, 3.63) is 266 Å². The largest absolute Gasteiger partial charge is 3.00 e. The number of hydrogen-bond donors (Lipinski definition) is 0. The Kier molecular flexibility index (Phi) is 42.6. The fraction of sp³-hybridized carbons (Fsp3) is 0.0345. The summed E-state index contributed by atoms with van der Waals surface area (Å²) in [7, 11) is 0. The van der Waals surface area contributed by atoms with Gasteiger partial charge >= 0.3 is 40.2 Å². The summed E-state index contributed by atoms with van der Waals surface area (Å²) in [5, 5.41) is 20.4. The van der Waals surface area contributed by atoms with Crippen LogP contribution in [0.4, 0.5) is 0 Å². The van der Waals surface area contributed by atoms with E-state index in [0.29, 0.717) is 0 Å². The van der Waals surface area contributed by atoms with Gasteiger partial charge in [-0.2, -0.15) is 0 Å². The van der Waals surface area contributed by atoms with Crippen LogP contribution in [-0.4, -0.2) is 52.5 Å². The summed E-state index contributed by atoms with van der Waals surface area (Å²) < 4.78 is 7.98. The molecular weight excluding hydrogens is 2010 g/mol. The number of benzene rings is 4. The van der Waals surface area contributed by atoms with Gasteiger partial charge in [0.25, 0.3) is 0 Å². The average molecular weight is 2050 g/mol. The smallest absolute Gasteiger partial charge is 0.543 e. The quantitative estimate of drug-likeness (QED) is 0.116. The number of rotatable bonds is 6. The van der Waals surface area contributed by atoms with E-state index >= 15 is 0 Å². The molecule has 0 aliphatic carbocycles. The fourth-order valence-electron chi connectivity index (χ4n) is 5.57. The van der Waals surface area contributed by atoms with Crippen molar-refractivity contribution in [2.75, 3.05) is 10.7 Å². The van der Waals surface area contributed by atoms with Crippen molar-refractivity contribution in [1.29, 1.82) is 0 Å². The van der Waals surface area contributed by atoms with Crippen molar-refractivity contribution in [3.8, 4) is 45.0 Å². The molecule has 10 aromatic rings. The van der Waals surface area contributed by atoms with E-state index in [4.69, 9.17) is 46.4 Å². The van der Waals surface area contributed by atoms with Gasteiger partial charge in [0.05, 0.1) is 34.0 Å². The first kappa shape index (κ1) is 77.0. The Balaban J connectivity index is 0.000000484. The third-order valence-electron chi connectivity index (χ3n) is 8.86. The summed E-state index contributed by atoms with van der Waals surface area (Å²) in [6, 6.07) is 60.7. The minimum Gasteiger partial charge on any atom is -0.543 e. The second-order valence-electron chi connectivity index (χ2n) is 14.2. The Bertz CT molecular complexity index is 3000. The van der Waals surface area contributed by atoms with Gasteiger partial charge < -0.3 is 39.7 Å². The molecule has 6 aromatic heterocycles. The summed E-state index contributed by atoms with van der Waals surface area (Å²) >= 11 is 46.5. The molecule has 424 valence electrons. The van der Waals surface area contributed by atoms with E-state index < -0.39 is 11.9 Å². The molecule has 0 amide bonds. The molecule has 0 atom stereocenters. The van der Waals surface area contributed by atoms with E-state index in [-0.39, 0.29) is 62.3 Å². The molecule has 0 N–H and O–H groups in total. The van der Waals surface area contributed by atoms with E-state index in [9.17, 15) is 19.8 Å². The average Bonchev–Trinajstić information content (AvgIpc) is 3.48. The van der Waals surface area contributed by atoms with Crippen LogP contribution in [0.5, 0.6) is 0 Å². The van der Waals surface area contributed by atoms with Crippen LogP contribution in [-0.2, 0) is 40.2 Å². The van der Waals surface area contributed by atoms with Crippen molar-refractivity contribution >= 4 is 186 Å². The SMILES string of the molecule is Brc1c[c-]c(-c2ccccn2)c(Br)c1.Brc1c[c-]c(-c2ccccn2)c(Br)c1.Brc1c[c-]c(-c2ccccn2)c(Br)c1.Brc1c[c-]c(-c2ccccn2)c(Br)c1.ClCCl.ClCCl.O=C([O-])c1ccccn1.O=C([O-])c1ccccn1.[Ir+3].[Ir+3]. The number of carbonyl (C=O) groups excluding carboxylic acids is 2. The molecule has 0 aliphatic heterocycles. The minimum atomic E-state index is -1.24. The predicted molar refractivity (Wildman–Crippen MR) is 346 cm³/mol. The summed E-state index contributed by atoms with van der Waals surface area (Å²) in [6.07, 6.45) is 9.92. The first-order valence-electron chi connectivity index (χ1n) is 22.1. The number of halogens is 12. The van der Waals surface area contributed by atoms with E-state index in [1.165, 1.54) is 24.5 Å². The summed E-state index contributed by atoms with van der Waals surface area (Å²) in [6.45, 7) is 0. The van der Waals surface area contributed by atoms with Crippen LogP contribution < -0.4 is 10.2 Å². The number of pyridine rings is 6. The molecule has 0 saturated carbocycles. The molecule has 6 heterocycles. The third-order valence-corrected chi connectivity index (χ3v) is 13.2. The molecule has 0 aliphatic rings. The summed E-state index contributed by atoms with van der Waals surface area (Å²) in [5.41, 5.74) is 7.55. The van der Waals surface area contributed by atoms with Crippen LogP contribution in [0.15, 0.2) is 231 Å². The van der Waals surface area contributed by atoms with Crippen molar-refractivity contribution in [3.63, 3.8) is 0 Å². The molecule has 0 bridgehead atoms. The summed E-state index contributed by atoms with van der Waals surface area (Å²) in [4.78, 5) is 44.1.